The van der Waals surface area contributed by atoms with Crippen LogP contribution >= 0.6 is 11.3 Å². The van der Waals surface area contributed by atoms with Crippen molar-refractivity contribution in [2.45, 2.75) is 6.92 Å². The molecular formula is C9H9FN4S. The van der Waals surface area contributed by atoms with E-state index in [0.29, 0.717) is 10.6 Å². The molecule has 2 aromatic heterocycles. The molecule has 0 bridgehead atoms. The Labute approximate surface area is 90.2 Å². The third-order valence-electron chi connectivity index (χ3n) is 1.70. The van der Waals surface area contributed by atoms with Crippen LogP contribution < -0.4 is 5.32 Å². The molecule has 0 spiro atoms. The lowest BCUT2D eigenvalue weighted by Crippen LogP contribution is -1.94. The van der Waals surface area contributed by atoms with Gasteiger partial charge in [-0.05, 0) is 13.0 Å². The predicted octanol–water partition coefficient (Wildman–Crippen LogP) is 2.17. The molecule has 0 unspecified atom stereocenters. The molecule has 0 aliphatic carbocycles. The molecule has 2 aromatic rings. The zero-order valence-corrected chi connectivity index (χ0v) is 8.88. The second-order valence-corrected chi connectivity index (χ2v) is 3.81. The van der Waals surface area contributed by atoms with Crippen LogP contribution in [0.2, 0.25) is 0 Å². The zero-order chi connectivity index (χ0) is 10.7. The van der Waals surface area contributed by atoms with E-state index in [1.54, 1.807) is 6.20 Å². The predicted molar refractivity (Wildman–Crippen MR) is 57.3 cm³/mol. The van der Waals surface area contributed by atoms with Crippen LogP contribution in [0.25, 0.3) is 10.6 Å². The summed E-state index contributed by atoms with van der Waals surface area (Å²) < 4.78 is 12.9. The maximum atomic E-state index is 12.9. The lowest BCUT2D eigenvalue weighted by atomic mass is 10.3. The molecule has 0 aliphatic rings. The van der Waals surface area contributed by atoms with Crippen LogP contribution in [-0.2, 0) is 0 Å². The third kappa shape index (κ3) is 2.27. The summed E-state index contributed by atoms with van der Waals surface area (Å²) in [5.41, 5.74) is 0.650. The number of nitrogens with zero attached hydrogens (tertiary/aromatic N) is 3. The fraction of sp³-hybridized carbons (Fsp3) is 0.222. The summed E-state index contributed by atoms with van der Waals surface area (Å²) in [6.45, 7) is 2.76. The number of aromatic nitrogens is 3. The van der Waals surface area contributed by atoms with E-state index in [9.17, 15) is 4.39 Å². The first-order valence-corrected chi connectivity index (χ1v) is 5.29. The topological polar surface area (TPSA) is 50.7 Å². The second kappa shape index (κ2) is 4.31. The summed E-state index contributed by atoms with van der Waals surface area (Å²) in [7, 11) is 0. The van der Waals surface area contributed by atoms with E-state index in [2.05, 4.69) is 20.5 Å². The van der Waals surface area contributed by atoms with Crippen LogP contribution in [0.1, 0.15) is 6.92 Å². The standard InChI is InChI=1S/C9H9FN4S/c1-2-12-9-14-13-8(15-9)6-3-7(10)5-11-4-6/h3-5H,2H2,1H3,(H,12,14). The summed E-state index contributed by atoms with van der Waals surface area (Å²) in [6, 6.07) is 1.39. The van der Waals surface area contributed by atoms with Crippen molar-refractivity contribution in [2.24, 2.45) is 0 Å². The molecule has 0 amide bonds. The van der Waals surface area contributed by atoms with Gasteiger partial charge in [0.15, 0.2) is 5.01 Å². The number of pyridine rings is 1. The van der Waals surface area contributed by atoms with Gasteiger partial charge in [-0.15, -0.1) is 10.2 Å². The van der Waals surface area contributed by atoms with Crippen molar-refractivity contribution in [1.82, 2.24) is 15.2 Å². The molecule has 0 aliphatic heterocycles. The highest BCUT2D eigenvalue weighted by molar-refractivity contribution is 7.18. The number of hydrogen-bond donors (Lipinski definition) is 1. The van der Waals surface area contributed by atoms with Gasteiger partial charge in [0.05, 0.1) is 6.20 Å². The molecule has 0 saturated heterocycles. The van der Waals surface area contributed by atoms with E-state index in [4.69, 9.17) is 0 Å². The van der Waals surface area contributed by atoms with E-state index in [0.717, 1.165) is 17.9 Å². The smallest absolute Gasteiger partial charge is 0.205 e. The van der Waals surface area contributed by atoms with Gasteiger partial charge in [-0.3, -0.25) is 4.98 Å². The fourth-order valence-corrected chi connectivity index (χ4v) is 1.88. The molecule has 15 heavy (non-hydrogen) atoms. The van der Waals surface area contributed by atoms with Gasteiger partial charge in [-0.2, -0.15) is 0 Å². The van der Waals surface area contributed by atoms with E-state index in [-0.39, 0.29) is 5.82 Å². The van der Waals surface area contributed by atoms with Crippen LogP contribution in [0.5, 0.6) is 0 Å². The Kier molecular flexibility index (Phi) is 2.86. The first-order chi connectivity index (χ1) is 7.29. The number of halogens is 1. The summed E-state index contributed by atoms with van der Waals surface area (Å²) >= 11 is 1.38. The Hall–Kier alpha value is -1.56. The molecule has 0 saturated carbocycles. The first-order valence-electron chi connectivity index (χ1n) is 4.48. The lowest BCUT2D eigenvalue weighted by Gasteiger charge is -1.94. The Balaban J connectivity index is 2.29. The number of rotatable bonds is 3. The van der Waals surface area contributed by atoms with Gasteiger partial charge in [-0.25, -0.2) is 4.39 Å². The molecule has 1 N–H and O–H groups in total. The lowest BCUT2D eigenvalue weighted by molar-refractivity contribution is 0.622. The molecule has 4 nitrogen and oxygen atoms in total. The van der Waals surface area contributed by atoms with Crippen molar-refractivity contribution in [3.05, 3.63) is 24.3 Å². The minimum absolute atomic E-state index is 0.368. The molecule has 2 rings (SSSR count). The second-order valence-electron chi connectivity index (χ2n) is 2.83. The summed E-state index contributed by atoms with van der Waals surface area (Å²) in [4.78, 5) is 3.76. The number of anilines is 1. The molecular weight excluding hydrogens is 215 g/mol. The van der Waals surface area contributed by atoms with Crippen molar-refractivity contribution in [3.63, 3.8) is 0 Å². The van der Waals surface area contributed by atoms with E-state index in [1.807, 2.05) is 6.92 Å². The Morgan fingerprint density at radius 3 is 3.00 bits per heavy atom. The van der Waals surface area contributed by atoms with Gasteiger partial charge in [0, 0.05) is 18.3 Å². The maximum absolute atomic E-state index is 12.9. The normalized spacial score (nSPS) is 10.3. The zero-order valence-electron chi connectivity index (χ0n) is 8.07. The highest BCUT2D eigenvalue weighted by Crippen LogP contribution is 2.25. The SMILES string of the molecule is CCNc1nnc(-c2cncc(F)c2)s1. The molecule has 6 heteroatoms. The molecule has 2 heterocycles. The van der Waals surface area contributed by atoms with Crippen molar-refractivity contribution >= 4 is 16.5 Å². The average Bonchev–Trinajstić information content (AvgIpc) is 2.67. The highest BCUT2D eigenvalue weighted by atomic mass is 32.1. The minimum Gasteiger partial charge on any atom is -0.360 e. The summed E-state index contributed by atoms with van der Waals surface area (Å²) in [6.07, 6.45) is 2.73. The maximum Gasteiger partial charge on any atom is 0.205 e. The van der Waals surface area contributed by atoms with E-state index < -0.39 is 0 Å². The minimum atomic E-state index is -0.368. The van der Waals surface area contributed by atoms with Crippen molar-refractivity contribution in [3.8, 4) is 10.6 Å². The van der Waals surface area contributed by atoms with E-state index in [1.165, 1.54) is 17.4 Å². The average molecular weight is 224 g/mol. The van der Waals surface area contributed by atoms with Gasteiger partial charge in [0.25, 0.3) is 0 Å². The third-order valence-corrected chi connectivity index (χ3v) is 2.63. The van der Waals surface area contributed by atoms with Gasteiger partial charge in [-0.1, -0.05) is 11.3 Å². The summed E-state index contributed by atoms with van der Waals surface area (Å²) in [5, 5.41) is 12.3. The highest BCUT2D eigenvalue weighted by Gasteiger charge is 2.06. The number of nitrogens with one attached hydrogen (secondary N) is 1. The van der Waals surface area contributed by atoms with Crippen LogP contribution in [0.15, 0.2) is 18.5 Å². The van der Waals surface area contributed by atoms with Crippen LogP contribution in [0.3, 0.4) is 0 Å². The molecule has 0 fully saturated rings. The molecule has 0 atom stereocenters. The largest absolute Gasteiger partial charge is 0.360 e. The molecule has 78 valence electrons. The quantitative estimate of drug-likeness (QED) is 0.868. The van der Waals surface area contributed by atoms with Crippen molar-refractivity contribution in [2.75, 3.05) is 11.9 Å². The Bertz CT molecular complexity index is 457. The van der Waals surface area contributed by atoms with Gasteiger partial charge in [0.2, 0.25) is 5.13 Å². The summed E-state index contributed by atoms with van der Waals surface area (Å²) in [5.74, 6) is -0.368. The van der Waals surface area contributed by atoms with Crippen LogP contribution in [0, 0.1) is 5.82 Å². The van der Waals surface area contributed by atoms with Gasteiger partial charge >= 0.3 is 0 Å². The monoisotopic (exact) mass is 224 g/mol. The van der Waals surface area contributed by atoms with Gasteiger partial charge < -0.3 is 5.32 Å². The van der Waals surface area contributed by atoms with Crippen molar-refractivity contribution < 1.29 is 4.39 Å². The number of hydrogen-bond acceptors (Lipinski definition) is 5. The van der Waals surface area contributed by atoms with Gasteiger partial charge in [0.1, 0.15) is 5.82 Å². The van der Waals surface area contributed by atoms with E-state index >= 15 is 0 Å². The van der Waals surface area contributed by atoms with Crippen LogP contribution in [-0.4, -0.2) is 21.7 Å². The molecule has 0 aromatic carbocycles. The molecule has 0 radical (unpaired) electrons. The van der Waals surface area contributed by atoms with Crippen LogP contribution in [0.4, 0.5) is 9.52 Å². The first kappa shape index (κ1) is 9.97. The fourth-order valence-electron chi connectivity index (χ4n) is 1.09. The Morgan fingerprint density at radius 1 is 1.40 bits per heavy atom. The van der Waals surface area contributed by atoms with Crippen molar-refractivity contribution in [1.29, 1.82) is 0 Å². The Morgan fingerprint density at radius 2 is 2.27 bits per heavy atom.